The third-order valence-corrected chi connectivity index (χ3v) is 2.96. The van der Waals surface area contributed by atoms with E-state index in [-0.39, 0.29) is 0 Å². The third kappa shape index (κ3) is 1.68. The molecule has 1 aliphatic carbocycles. The summed E-state index contributed by atoms with van der Waals surface area (Å²) < 4.78 is 10.7. The smallest absolute Gasteiger partial charge is 0.192 e. The van der Waals surface area contributed by atoms with Crippen molar-refractivity contribution < 1.29 is 14.3 Å². The van der Waals surface area contributed by atoms with Crippen LogP contribution < -0.4 is 0 Å². The lowest BCUT2D eigenvalue weighted by Crippen LogP contribution is -2.36. The van der Waals surface area contributed by atoms with Gasteiger partial charge in [-0.05, 0) is 17.2 Å². The molecule has 16 heavy (non-hydrogen) atoms. The van der Waals surface area contributed by atoms with E-state index in [1.165, 1.54) is 0 Å². The summed E-state index contributed by atoms with van der Waals surface area (Å²) in [7, 11) is 3.16. The molecule has 0 heterocycles. The van der Waals surface area contributed by atoms with E-state index in [0.29, 0.717) is 12.0 Å². The van der Waals surface area contributed by atoms with Gasteiger partial charge in [0.05, 0.1) is 0 Å². The van der Waals surface area contributed by atoms with Crippen molar-refractivity contribution in [3.05, 3.63) is 41.5 Å². The summed E-state index contributed by atoms with van der Waals surface area (Å²) in [5.41, 5.74) is 2.64. The summed E-state index contributed by atoms with van der Waals surface area (Å²) in [6.07, 6.45) is 3.20. The number of allylic oxidation sites excluding steroid dienone is 1. The van der Waals surface area contributed by atoms with Gasteiger partial charge in [-0.15, -0.1) is 0 Å². The zero-order chi connectivity index (χ0) is 11.6. The van der Waals surface area contributed by atoms with Crippen molar-refractivity contribution in [2.75, 3.05) is 14.2 Å². The molecule has 0 bridgehead atoms. The van der Waals surface area contributed by atoms with Crippen LogP contribution in [0.4, 0.5) is 0 Å². The molecule has 0 unspecified atom stereocenters. The minimum Gasteiger partial charge on any atom is -0.349 e. The molecule has 0 atom stereocenters. The second-order valence-corrected chi connectivity index (χ2v) is 3.77. The number of carbonyl (C=O) groups excluding carboxylic acids is 1. The van der Waals surface area contributed by atoms with Crippen LogP contribution in [0.2, 0.25) is 0 Å². The van der Waals surface area contributed by atoms with Crippen LogP contribution in [0.15, 0.2) is 30.3 Å². The molecule has 84 valence electrons. The fourth-order valence-electron chi connectivity index (χ4n) is 2.03. The van der Waals surface area contributed by atoms with Crippen molar-refractivity contribution in [1.82, 2.24) is 0 Å². The first kappa shape index (κ1) is 11.0. The van der Waals surface area contributed by atoms with Gasteiger partial charge < -0.3 is 9.47 Å². The van der Waals surface area contributed by atoms with Crippen molar-refractivity contribution in [1.29, 1.82) is 0 Å². The Morgan fingerprint density at radius 3 is 2.56 bits per heavy atom. The van der Waals surface area contributed by atoms with Gasteiger partial charge in [0.2, 0.25) is 0 Å². The summed E-state index contributed by atoms with van der Waals surface area (Å²) in [6.45, 7) is 0. The lowest BCUT2D eigenvalue weighted by atomic mass is 9.88. The van der Waals surface area contributed by atoms with E-state index in [4.69, 9.17) is 9.47 Å². The van der Waals surface area contributed by atoms with Crippen LogP contribution in [0.1, 0.15) is 11.1 Å². The standard InChI is InChI=1S/C13H14O3/c1-15-13(16-2)7-10-5-3-4-6-12(10)11(8-13)9-14/h3-6,8-9H,7H2,1-2H3. The summed E-state index contributed by atoms with van der Waals surface area (Å²) in [6, 6.07) is 7.79. The molecular weight excluding hydrogens is 204 g/mol. The number of aldehydes is 1. The molecule has 0 spiro atoms. The largest absolute Gasteiger partial charge is 0.349 e. The Hall–Kier alpha value is -1.45. The van der Waals surface area contributed by atoms with Gasteiger partial charge in [0.1, 0.15) is 0 Å². The Balaban J connectivity index is 2.54. The molecule has 0 N–H and O–H groups in total. The van der Waals surface area contributed by atoms with Gasteiger partial charge >= 0.3 is 0 Å². The highest BCUT2D eigenvalue weighted by Gasteiger charge is 2.33. The predicted octanol–water partition coefficient (Wildman–Crippen LogP) is 1.81. The maximum Gasteiger partial charge on any atom is 0.192 e. The molecule has 3 heteroatoms. The molecule has 0 saturated carbocycles. The van der Waals surface area contributed by atoms with Gasteiger partial charge in [-0.3, -0.25) is 4.79 Å². The highest BCUT2D eigenvalue weighted by molar-refractivity contribution is 6.08. The molecule has 1 aliphatic rings. The van der Waals surface area contributed by atoms with Crippen molar-refractivity contribution >= 4 is 11.9 Å². The molecule has 2 rings (SSSR count). The Kier molecular flexibility index (Phi) is 2.90. The average molecular weight is 218 g/mol. The molecule has 0 radical (unpaired) electrons. The Labute approximate surface area is 94.7 Å². The Morgan fingerprint density at radius 1 is 1.25 bits per heavy atom. The first-order valence-corrected chi connectivity index (χ1v) is 5.11. The number of hydrogen-bond acceptors (Lipinski definition) is 3. The second-order valence-electron chi connectivity index (χ2n) is 3.77. The first-order chi connectivity index (χ1) is 7.74. The number of methoxy groups -OCH3 is 2. The number of rotatable bonds is 3. The predicted molar refractivity (Wildman–Crippen MR) is 60.9 cm³/mol. The number of benzene rings is 1. The molecule has 0 saturated heterocycles. The molecule has 3 nitrogen and oxygen atoms in total. The average Bonchev–Trinajstić information content (AvgIpc) is 2.37. The Bertz CT molecular complexity index is 431. The molecule has 0 aliphatic heterocycles. The van der Waals surface area contributed by atoms with Gasteiger partial charge in [0, 0.05) is 26.2 Å². The molecule has 0 aromatic heterocycles. The fourth-order valence-corrected chi connectivity index (χ4v) is 2.03. The highest BCUT2D eigenvalue weighted by atomic mass is 16.7. The SMILES string of the molecule is COC1(OC)C=C(C=O)c2ccccc2C1. The molecule has 0 amide bonds. The van der Waals surface area contributed by atoms with Crippen LogP contribution in [0.3, 0.4) is 0 Å². The van der Waals surface area contributed by atoms with Crippen LogP contribution in [-0.2, 0) is 20.7 Å². The van der Waals surface area contributed by atoms with Gasteiger partial charge in [0.15, 0.2) is 12.1 Å². The van der Waals surface area contributed by atoms with Gasteiger partial charge in [-0.1, -0.05) is 24.3 Å². The van der Waals surface area contributed by atoms with Gasteiger partial charge in [-0.25, -0.2) is 0 Å². The lowest BCUT2D eigenvalue weighted by molar-refractivity contribution is -0.169. The van der Waals surface area contributed by atoms with Crippen LogP contribution in [0.5, 0.6) is 0 Å². The monoisotopic (exact) mass is 218 g/mol. The second kappa shape index (κ2) is 4.20. The van der Waals surface area contributed by atoms with E-state index in [1.807, 2.05) is 24.3 Å². The zero-order valence-electron chi connectivity index (χ0n) is 9.40. The lowest BCUT2D eigenvalue weighted by Gasteiger charge is -2.32. The maximum absolute atomic E-state index is 11.1. The fraction of sp³-hybridized carbons (Fsp3) is 0.308. The van der Waals surface area contributed by atoms with Crippen LogP contribution in [0.25, 0.3) is 5.57 Å². The van der Waals surface area contributed by atoms with E-state index >= 15 is 0 Å². The van der Waals surface area contributed by atoms with E-state index < -0.39 is 5.79 Å². The highest BCUT2D eigenvalue weighted by Crippen LogP contribution is 2.32. The quantitative estimate of drug-likeness (QED) is 0.573. The number of ether oxygens (including phenoxy) is 2. The first-order valence-electron chi connectivity index (χ1n) is 5.11. The van der Waals surface area contributed by atoms with E-state index in [9.17, 15) is 4.79 Å². The number of fused-ring (bicyclic) bond motifs is 1. The van der Waals surface area contributed by atoms with Crippen molar-refractivity contribution in [3.63, 3.8) is 0 Å². The van der Waals surface area contributed by atoms with Crippen LogP contribution in [-0.4, -0.2) is 26.3 Å². The van der Waals surface area contributed by atoms with Crippen molar-refractivity contribution in [3.8, 4) is 0 Å². The van der Waals surface area contributed by atoms with E-state index in [1.54, 1.807) is 20.3 Å². The van der Waals surface area contributed by atoms with Crippen LogP contribution in [0, 0.1) is 0 Å². The molecule has 1 aromatic rings. The van der Waals surface area contributed by atoms with E-state index in [0.717, 1.165) is 17.4 Å². The minimum atomic E-state index is -0.815. The van der Waals surface area contributed by atoms with Crippen molar-refractivity contribution in [2.24, 2.45) is 0 Å². The molecular formula is C13H14O3. The summed E-state index contributed by atoms with van der Waals surface area (Å²) >= 11 is 0. The zero-order valence-corrected chi connectivity index (χ0v) is 9.40. The number of hydrogen-bond donors (Lipinski definition) is 0. The van der Waals surface area contributed by atoms with Gasteiger partial charge in [-0.2, -0.15) is 0 Å². The topological polar surface area (TPSA) is 35.5 Å². The summed E-state index contributed by atoms with van der Waals surface area (Å²) in [5, 5.41) is 0. The number of carbonyl (C=O) groups is 1. The normalized spacial score (nSPS) is 17.5. The van der Waals surface area contributed by atoms with Gasteiger partial charge in [0.25, 0.3) is 0 Å². The Morgan fingerprint density at radius 2 is 1.94 bits per heavy atom. The molecule has 1 aromatic carbocycles. The molecule has 0 fully saturated rings. The van der Waals surface area contributed by atoms with Crippen molar-refractivity contribution in [2.45, 2.75) is 12.2 Å². The summed E-state index contributed by atoms with van der Waals surface area (Å²) in [5.74, 6) is -0.815. The maximum atomic E-state index is 11.1. The summed E-state index contributed by atoms with van der Waals surface area (Å²) in [4.78, 5) is 11.1. The minimum absolute atomic E-state index is 0.616. The van der Waals surface area contributed by atoms with E-state index in [2.05, 4.69) is 0 Å². The third-order valence-electron chi connectivity index (χ3n) is 2.96. The van der Waals surface area contributed by atoms with Crippen LogP contribution >= 0.6 is 0 Å².